The highest BCUT2D eigenvalue weighted by atomic mass is 79.9. The van der Waals surface area contributed by atoms with Crippen LogP contribution in [0, 0.1) is 0 Å². The van der Waals surface area contributed by atoms with Gasteiger partial charge in [0.1, 0.15) is 5.75 Å². The van der Waals surface area contributed by atoms with E-state index in [9.17, 15) is 0 Å². The van der Waals surface area contributed by atoms with Crippen molar-refractivity contribution in [2.75, 3.05) is 31.6 Å². The Morgan fingerprint density at radius 1 is 1.47 bits per heavy atom. The minimum absolute atomic E-state index is 0.191. The summed E-state index contributed by atoms with van der Waals surface area (Å²) in [6, 6.07) is 6.34. The van der Waals surface area contributed by atoms with Crippen molar-refractivity contribution >= 4 is 21.6 Å². The number of ether oxygens (including phenoxy) is 1. The van der Waals surface area contributed by atoms with E-state index in [1.165, 1.54) is 12.1 Å². The van der Waals surface area contributed by atoms with Gasteiger partial charge in [-0.25, -0.2) is 0 Å². The van der Waals surface area contributed by atoms with Gasteiger partial charge in [0.15, 0.2) is 0 Å². The third-order valence-corrected chi connectivity index (χ3v) is 4.63. The van der Waals surface area contributed by atoms with Gasteiger partial charge < -0.3 is 15.0 Å². The van der Waals surface area contributed by atoms with Crippen molar-refractivity contribution in [1.82, 2.24) is 5.32 Å². The molecule has 0 aliphatic carbocycles. The Labute approximate surface area is 124 Å². The van der Waals surface area contributed by atoms with Crippen molar-refractivity contribution in [1.29, 1.82) is 0 Å². The molecule has 19 heavy (non-hydrogen) atoms. The van der Waals surface area contributed by atoms with Crippen LogP contribution in [0.1, 0.15) is 26.7 Å². The van der Waals surface area contributed by atoms with Crippen molar-refractivity contribution in [2.24, 2.45) is 0 Å². The van der Waals surface area contributed by atoms with E-state index in [-0.39, 0.29) is 5.54 Å². The molecule has 1 fully saturated rings. The Bertz CT molecular complexity index is 438. The maximum absolute atomic E-state index is 5.40. The second kappa shape index (κ2) is 6.14. The molecule has 4 heteroatoms. The minimum Gasteiger partial charge on any atom is -0.495 e. The first kappa shape index (κ1) is 14.7. The van der Waals surface area contributed by atoms with E-state index in [1.54, 1.807) is 7.11 Å². The SMILES string of the molecule is CCC1(C)CN(c2ccc(Br)c(OC)c2)CCCN1. The van der Waals surface area contributed by atoms with Crippen LogP contribution in [0.5, 0.6) is 5.75 Å². The lowest BCUT2D eigenvalue weighted by Crippen LogP contribution is -2.48. The van der Waals surface area contributed by atoms with E-state index in [1.807, 2.05) is 0 Å². The van der Waals surface area contributed by atoms with Gasteiger partial charge in [-0.05, 0) is 54.4 Å². The number of nitrogens with zero attached hydrogens (tertiary/aromatic N) is 1. The smallest absolute Gasteiger partial charge is 0.135 e. The lowest BCUT2D eigenvalue weighted by atomic mass is 9.98. The topological polar surface area (TPSA) is 24.5 Å². The minimum atomic E-state index is 0.191. The molecule has 0 bridgehead atoms. The molecule has 1 atom stereocenters. The first-order valence-corrected chi connectivity index (χ1v) is 7.71. The summed E-state index contributed by atoms with van der Waals surface area (Å²) in [5, 5.41) is 3.67. The van der Waals surface area contributed by atoms with E-state index in [2.05, 4.69) is 58.2 Å². The van der Waals surface area contributed by atoms with Gasteiger partial charge >= 0.3 is 0 Å². The third-order valence-electron chi connectivity index (χ3n) is 3.98. The zero-order chi connectivity index (χ0) is 13.9. The average molecular weight is 327 g/mol. The van der Waals surface area contributed by atoms with E-state index < -0.39 is 0 Å². The Morgan fingerprint density at radius 2 is 2.26 bits per heavy atom. The molecular weight excluding hydrogens is 304 g/mol. The highest BCUT2D eigenvalue weighted by molar-refractivity contribution is 9.10. The van der Waals surface area contributed by atoms with Crippen molar-refractivity contribution in [2.45, 2.75) is 32.2 Å². The standard InChI is InChI=1S/C15H23BrN2O/c1-4-15(2)11-18(9-5-8-17-15)12-6-7-13(16)14(10-12)19-3/h6-7,10,17H,4-5,8-9,11H2,1-3H3. The molecule has 1 aliphatic rings. The lowest BCUT2D eigenvalue weighted by Gasteiger charge is -2.34. The second-order valence-electron chi connectivity index (χ2n) is 5.43. The molecule has 1 N–H and O–H groups in total. The maximum Gasteiger partial charge on any atom is 0.135 e. The van der Waals surface area contributed by atoms with Crippen molar-refractivity contribution in [3.05, 3.63) is 22.7 Å². The molecule has 1 heterocycles. The number of hydrogen-bond donors (Lipinski definition) is 1. The van der Waals surface area contributed by atoms with Crippen LogP contribution in [0.2, 0.25) is 0 Å². The molecule has 0 spiro atoms. The number of rotatable bonds is 3. The molecule has 0 saturated carbocycles. The quantitative estimate of drug-likeness (QED) is 0.921. The van der Waals surface area contributed by atoms with Gasteiger partial charge in [0.05, 0.1) is 11.6 Å². The van der Waals surface area contributed by atoms with Crippen LogP contribution in [0.3, 0.4) is 0 Å². The summed E-state index contributed by atoms with van der Waals surface area (Å²) in [5.74, 6) is 0.896. The van der Waals surface area contributed by atoms with Crippen LogP contribution in [0.4, 0.5) is 5.69 Å². The molecule has 1 aliphatic heterocycles. The normalized spacial score (nSPS) is 24.1. The Morgan fingerprint density at radius 3 is 2.95 bits per heavy atom. The molecule has 2 rings (SSSR count). The number of hydrogen-bond acceptors (Lipinski definition) is 3. The molecule has 0 amide bonds. The molecule has 3 nitrogen and oxygen atoms in total. The number of halogens is 1. The summed E-state index contributed by atoms with van der Waals surface area (Å²) in [5.41, 5.74) is 1.43. The molecule has 1 aromatic carbocycles. The van der Waals surface area contributed by atoms with Gasteiger partial charge in [-0.15, -0.1) is 0 Å². The van der Waals surface area contributed by atoms with Crippen LogP contribution in [0.25, 0.3) is 0 Å². The summed E-state index contributed by atoms with van der Waals surface area (Å²) in [6.45, 7) is 7.77. The lowest BCUT2D eigenvalue weighted by molar-refractivity contribution is 0.366. The van der Waals surface area contributed by atoms with Crippen molar-refractivity contribution in [3.63, 3.8) is 0 Å². The summed E-state index contributed by atoms with van der Waals surface area (Å²) in [7, 11) is 1.71. The van der Waals surface area contributed by atoms with E-state index in [0.29, 0.717) is 0 Å². The van der Waals surface area contributed by atoms with Crippen molar-refractivity contribution < 1.29 is 4.74 Å². The largest absolute Gasteiger partial charge is 0.495 e. The zero-order valence-corrected chi connectivity index (χ0v) is 13.6. The van der Waals surface area contributed by atoms with Crippen molar-refractivity contribution in [3.8, 4) is 5.75 Å². The Balaban J connectivity index is 2.24. The first-order chi connectivity index (χ1) is 9.08. The van der Waals surface area contributed by atoms with Gasteiger partial charge in [-0.3, -0.25) is 0 Å². The van der Waals surface area contributed by atoms with Crippen LogP contribution >= 0.6 is 15.9 Å². The fraction of sp³-hybridized carbons (Fsp3) is 0.600. The molecule has 106 valence electrons. The van der Waals surface area contributed by atoms with Crippen LogP contribution in [-0.4, -0.2) is 32.3 Å². The Kier molecular flexibility index (Phi) is 4.74. The summed E-state index contributed by atoms with van der Waals surface area (Å²) >= 11 is 3.51. The number of nitrogens with one attached hydrogen (secondary N) is 1. The van der Waals surface area contributed by atoms with Crippen LogP contribution in [-0.2, 0) is 0 Å². The van der Waals surface area contributed by atoms with Crippen LogP contribution in [0.15, 0.2) is 22.7 Å². The fourth-order valence-electron chi connectivity index (χ4n) is 2.52. The average Bonchev–Trinajstić information content (AvgIpc) is 2.62. The van der Waals surface area contributed by atoms with Gasteiger partial charge in [0, 0.05) is 30.4 Å². The molecule has 1 aromatic rings. The van der Waals surface area contributed by atoms with Crippen LogP contribution < -0.4 is 15.0 Å². The summed E-state index contributed by atoms with van der Waals surface area (Å²) in [4.78, 5) is 2.46. The highest BCUT2D eigenvalue weighted by Gasteiger charge is 2.27. The molecular formula is C15H23BrN2O. The van der Waals surface area contributed by atoms with Gasteiger partial charge in [-0.2, -0.15) is 0 Å². The summed E-state index contributed by atoms with van der Waals surface area (Å²) < 4.78 is 6.40. The van der Waals surface area contributed by atoms with Gasteiger partial charge in [0.25, 0.3) is 0 Å². The van der Waals surface area contributed by atoms with E-state index in [4.69, 9.17) is 4.74 Å². The number of methoxy groups -OCH3 is 1. The number of benzene rings is 1. The zero-order valence-electron chi connectivity index (χ0n) is 12.0. The second-order valence-corrected chi connectivity index (χ2v) is 6.29. The first-order valence-electron chi connectivity index (χ1n) is 6.91. The fourth-order valence-corrected chi connectivity index (χ4v) is 2.93. The molecule has 1 unspecified atom stereocenters. The molecule has 1 saturated heterocycles. The predicted octanol–water partition coefficient (Wildman–Crippen LogP) is 3.43. The van der Waals surface area contributed by atoms with E-state index >= 15 is 0 Å². The summed E-state index contributed by atoms with van der Waals surface area (Å²) in [6.07, 6.45) is 2.31. The molecule has 0 aromatic heterocycles. The number of anilines is 1. The van der Waals surface area contributed by atoms with Gasteiger partial charge in [0.2, 0.25) is 0 Å². The molecule has 0 radical (unpaired) electrons. The van der Waals surface area contributed by atoms with E-state index in [0.717, 1.165) is 36.3 Å². The predicted molar refractivity (Wildman–Crippen MR) is 84.2 cm³/mol. The Hall–Kier alpha value is -0.740. The third kappa shape index (κ3) is 3.42. The highest BCUT2D eigenvalue weighted by Crippen LogP contribution is 2.31. The maximum atomic E-state index is 5.40. The van der Waals surface area contributed by atoms with Gasteiger partial charge in [-0.1, -0.05) is 6.92 Å². The monoisotopic (exact) mass is 326 g/mol.